The van der Waals surface area contributed by atoms with E-state index in [4.69, 9.17) is 0 Å². The van der Waals surface area contributed by atoms with Crippen LogP contribution in [0.1, 0.15) is 23.2 Å². The number of hydrogen-bond acceptors (Lipinski definition) is 5. The Bertz CT molecular complexity index is 909. The molecule has 7 heteroatoms. The average Bonchev–Trinajstić information content (AvgIpc) is 3.09. The van der Waals surface area contributed by atoms with Crippen molar-refractivity contribution in [2.24, 2.45) is 0 Å². The van der Waals surface area contributed by atoms with Crippen LogP contribution in [0.5, 0.6) is 0 Å². The first kappa shape index (κ1) is 19.0. The monoisotopic (exact) mass is 382 g/mol. The molecule has 0 aliphatic rings. The Morgan fingerprint density at radius 2 is 1.89 bits per heavy atom. The third kappa shape index (κ3) is 4.89. The quantitative estimate of drug-likeness (QED) is 0.237. The molecule has 3 rings (SSSR count). The fraction of sp³-hybridized carbons (Fsp3) is 0.200. The van der Waals surface area contributed by atoms with E-state index in [-0.39, 0.29) is 11.6 Å². The Labute approximate surface area is 161 Å². The maximum Gasteiger partial charge on any atom is 0.191 e. The SMILES string of the molecule is C=CCn1c(SCCCC(=O)c2ccc(F)cc2)nnc1-c1ccncc1. The molecule has 138 valence electrons. The van der Waals surface area contributed by atoms with E-state index in [9.17, 15) is 9.18 Å². The number of carbonyl (C=O) groups is 1. The highest BCUT2D eigenvalue weighted by Gasteiger charge is 2.13. The van der Waals surface area contributed by atoms with Gasteiger partial charge in [-0.3, -0.25) is 14.3 Å². The number of rotatable bonds is 9. The Kier molecular flexibility index (Phi) is 6.49. The van der Waals surface area contributed by atoms with Gasteiger partial charge in [0.05, 0.1) is 0 Å². The molecule has 27 heavy (non-hydrogen) atoms. The van der Waals surface area contributed by atoms with Crippen LogP contribution in [0.4, 0.5) is 4.39 Å². The van der Waals surface area contributed by atoms with Crippen molar-refractivity contribution in [1.82, 2.24) is 19.7 Å². The first-order chi connectivity index (χ1) is 13.2. The van der Waals surface area contributed by atoms with Crippen LogP contribution >= 0.6 is 11.8 Å². The summed E-state index contributed by atoms with van der Waals surface area (Å²) in [6.07, 6.45) is 6.35. The maximum absolute atomic E-state index is 12.9. The van der Waals surface area contributed by atoms with Gasteiger partial charge in [-0.25, -0.2) is 4.39 Å². The van der Waals surface area contributed by atoms with E-state index in [1.54, 1.807) is 30.2 Å². The number of pyridine rings is 1. The lowest BCUT2D eigenvalue weighted by Gasteiger charge is -2.07. The smallest absolute Gasteiger partial charge is 0.191 e. The molecule has 0 bridgehead atoms. The molecule has 0 N–H and O–H groups in total. The summed E-state index contributed by atoms with van der Waals surface area (Å²) in [6.45, 7) is 4.40. The zero-order valence-corrected chi connectivity index (χ0v) is 15.5. The summed E-state index contributed by atoms with van der Waals surface area (Å²) in [5.74, 6) is 1.18. The van der Waals surface area contributed by atoms with Gasteiger partial charge in [0.25, 0.3) is 0 Å². The lowest BCUT2D eigenvalue weighted by atomic mass is 10.1. The molecule has 0 saturated carbocycles. The van der Waals surface area contributed by atoms with Gasteiger partial charge >= 0.3 is 0 Å². The second-order valence-electron chi connectivity index (χ2n) is 5.82. The fourth-order valence-corrected chi connectivity index (χ4v) is 3.47. The highest BCUT2D eigenvalue weighted by atomic mass is 32.2. The van der Waals surface area contributed by atoms with Crippen molar-refractivity contribution in [2.75, 3.05) is 5.75 Å². The summed E-state index contributed by atoms with van der Waals surface area (Å²) in [6, 6.07) is 9.43. The molecule has 3 aromatic rings. The van der Waals surface area contributed by atoms with Crippen LogP contribution in [0.15, 0.2) is 66.6 Å². The Morgan fingerprint density at radius 3 is 2.59 bits per heavy atom. The first-order valence-corrected chi connectivity index (χ1v) is 9.53. The van der Waals surface area contributed by atoms with Crippen molar-refractivity contribution in [3.63, 3.8) is 0 Å². The maximum atomic E-state index is 12.9. The zero-order chi connectivity index (χ0) is 19.1. The third-order valence-electron chi connectivity index (χ3n) is 3.91. The molecule has 5 nitrogen and oxygen atoms in total. The van der Waals surface area contributed by atoms with Crippen molar-refractivity contribution in [3.8, 4) is 11.4 Å². The van der Waals surface area contributed by atoms with Gasteiger partial charge in [0.2, 0.25) is 0 Å². The van der Waals surface area contributed by atoms with Gasteiger partial charge in [-0.1, -0.05) is 17.8 Å². The predicted octanol–water partition coefficient (Wildman–Crippen LogP) is 4.42. The van der Waals surface area contributed by atoms with Gasteiger partial charge in [-0.2, -0.15) is 0 Å². The number of ketones is 1. The molecule has 0 radical (unpaired) electrons. The van der Waals surface area contributed by atoms with Gasteiger partial charge < -0.3 is 0 Å². The topological polar surface area (TPSA) is 60.7 Å². The molecule has 0 unspecified atom stereocenters. The first-order valence-electron chi connectivity index (χ1n) is 8.55. The van der Waals surface area contributed by atoms with Crippen LogP contribution < -0.4 is 0 Å². The van der Waals surface area contributed by atoms with Gasteiger partial charge in [-0.05, 0) is 42.8 Å². The second-order valence-corrected chi connectivity index (χ2v) is 6.89. The molecule has 0 aliphatic heterocycles. The van der Waals surface area contributed by atoms with E-state index in [2.05, 4.69) is 21.8 Å². The number of thioether (sulfide) groups is 1. The molecular formula is C20H19FN4OS. The van der Waals surface area contributed by atoms with Gasteiger partial charge in [0, 0.05) is 42.2 Å². The Hall–Kier alpha value is -2.80. The third-order valence-corrected chi connectivity index (χ3v) is 4.97. The van der Waals surface area contributed by atoms with Crippen molar-refractivity contribution in [1.29, 1.82) is 0 Å². The van der Waals surface area contributed by atoms with E-state index >= 15 is 0 Å². The molecule has 0 aliphatic carbocycles. The van der Waals surface area contributed by atoms with Crippen LogP contribution in [0.3, 0.4) is 0 Å². The van der Waals surface area contributed by atoms with Crippen LogP contribution in [0.25, 0.3) is 11.4 Å². The number of aromatic nitrogens is 4. The second kappa shape index (κ2) is 9.23. The minimum absolute atomic E-state index is 0.0145. The van der Waals surface area contributed by atoms with Crippen molar-refractivity contribution >= 4 is 17.5 Å². The van der Waals surface area contributed by atoms with E-state index in [1.165, 1.54) is 24.3 Å². The predicted molar refractivity (Wildman–Crippen MR) is 104 cm³/mol. The molecule has 0 spiro atoms. The van der Waals surface area contributed by atoms with Crippen LogP contribution in [-0.4, -0.2) is 31.3 Å². The van der Waals surface area contributed by atoms with E-state index in [1.807, 2.05) is 16.7 Å². The zero-order valence-electron chi connectivity index (χ0n) is 14.7. The number of nitrogens with zero attached hydrogens (tertiary/aromatic N) is 4. The van der Waals surface area contributed by atoms with Gasteiger partial charge in [0.1, 0.15) is 5.82 Å². The van der Waals surface area contributed by atoms with Crippen molar-refractivity contribution in [3.05, 3.63) is 72.8 Å². The molecule has 0 atom stereocenters. The molecule has 2 heterocycles. The normalized spacial score (nSPS) is 10.7. The summed E-state index contributed by atoms with van der Waals surface area (Å²) in [7, 11) is 0. The fourth-order valence-electron chi connectivity index (χ4n) is 2.58. The number of hydrogen-bond donors (Lipinski definition) is 0. The summed E-state index contributed by atoms with van der Waals surface area (Å²) >= 11 is 1.56. The molecule has 1 aromatic carbocycles. The molecular weight excluding hydrogens is 363 g/mol. The number of halogens is 1. The average molecular weight is 382 g/mol. The molecule has 0 amide bonds. The van der Waals surface area contributed by atoms with Crippen molar-refractivity contribution in [2.45, 2.75) is 24.5 Å². The van der Waals surface area contributed by atoms with Crippen LogP contribution in [-0.2, 0) is 6.54 Å². The largest absolute Gasteiger partial charge is 0.298 e. The lowest BCUT2D eigenvalue weighted by molar-refractivity contribution is 0.0982. The van der Waals surface area contributed by atoms with Gasteiger partial charge in [-0.15, -0.1) is 16.8 Å². The van der Waals surface area contributed by atoms with Gasteiger partial charge in [0.15, 0.2) is 16.8 Å². The number of Topliss-reactive ketones (excluding diaryl/α,β-unsaturated/α-hetero) is 1. The number of benzene rings is 1. The van der Waals surface area contributed by atoms with Crippen LogP contribution in [0, 0.1) is 5.82 Å². The van der Waals surface area contributed by atoms with Crippen molar-refractivity contribution < 1.29 is 9.18 Å². The highest BCUT2D eigenvalue weighted by molar-refractivity contribution is 7.99. The summed E-state index contributed by atoms with van der Waals surface area (Å²) in [5.41, 5.74) is 1.48. The van der Waals surface area contributed by atoms with E-state index in [0.717, 1.165) is 22.3 Å². The standard InChI is InChI=1S/C20H19FN4OS/c1-2-13-25-19(16-9-11-22-12-10-16)23-24-20(25)27-14-3-4-18(26)15-5-7-17(21)8-6-15/h2,5-12H,1,3-4,13-14H2. The summed E-state index contributed by atoms with van der Waals surface area (Å²) in [5, 5.41) is 9.35. The highest BCUT2D eigenvalue weighted by Crippen LogP contribution is 2.24. The Balaban J connectivity index is 1.59. The number of carbonyl (C=O) groups excluding carboxylic acids is 1. The Morgan fingerprint density at radius 1 is 1.15 bits per heavy atom. The summed E-state index contributed by atoms with van der Waals surface area (Å²) in [4.78, 5) is 16.2. The van der Waals surface area contributed by atoms with E-state index in [0.29, 0.717) is 24.9 Å². The summed E-state index contributed by atoms with van der Waals surface area (Å²) < 4.78 is 14.9. The minimum atomic E-state index is -0.339. The van der Waals surface area contributed by atoms with E-state index < -0.39 is 0 Å². The molecule has 0 fully saturated rings. The molecule has 0 saturated heterocycles. The molecule has 2 aromatic heterocycles. The van der Waals surface area contributed by atoms with Crippen LogP contribution in [0.2, 0.25) is 0 Å². The lowest BCUT2D eigenvalue weighted by Crippen LogP contribution is -2.02. The minimum Gasteiger partial charge on any atom is -0.298 e. The number of allylic oxidation sites excluding steroid dienone is 1.